The minimum Gasteiger partial charge on any atom is -0.469 e. The highest BCUT2D eigenvalue weighted by Gasteiger charge is 2.30. The lowest BCUT2D eigenvalue weighted by molar-refractivity contribution is -0.144. The Hall–Kier alpha value is -2.10. The zero-order valence-corrected chi connectivity index (χ0v) is 21.4. The number of esters is 1. The molecule has 1 N–H and O–H groups in total. The molecule has 1 amide bonds. The molecule has 176 valence electrons. The van der Waals surface area contributed by atoms with Gasteiger partial charge in [-0.2, -0.15) is 0 Å². The van der Waals surface area contributed by atoms with Gasteiger partial charge in [0.15, 0.2) is 11.6 Å². The van der Waals surface area contributed by atoms with Crippen molar-refractivity contribution in [2.45, 2.75) is 59.4 Å². The normalized spacial score (nSPS) is 13.7. The average molecular weight is 557 g/mol. The third kappa shape index (κ3) is 8.80. The van der Waals surface area contributed by atoms with Crippen molar-refractivity contribution < 1.29 is 28.7 Å². The number of amides is 1. The quantitative estimate of drug-likeness (QED) is 0.225. The molecule has 0 aromatic heterocycles. The zero-order valence-electron chi connectivity index (χ0n) is 19.3. The van der Waals surface area contributed by atoms with Gasteiger partial charge in [-0.05, 0) is 47.6 Å². The molecule has 0 heterocycles. The van der Waals surface area contributed by atoms with Gasteiger partial charge < -0.3 is 10.1 Å². The fourth-order valence-corrected chi connectivity index (χ4v) is 3.64. The predicted molar refractivity (Wildman–Crippen MR) is 129 cm³/mol. The van der Waals surface area contributed by atoms with E-state index in [9.17, 15) is 24.0 Å². The monoisotopic (exact) mass is 557 g/mol. The van der Waals surface area contributed by atoms with E-state index in [1.165, 1.54) is 7.11 Å². The Morgan fingerprint density at radius 1 is 0.938 bits per heavy atom. The topological polar surface area (TPSA) is 107 Å². The maximum absolute atomic E-state index is 12.9. The Balaban J connectivity index is 2.80. The number of carbonyl (C=O) groups is 5. The highest BCUT2D eigenvalue weighted by Crippen LogP contribution is 2.20. The standard InChI is InChI=1S/C24H32INO6/c1-6-20(27)17(12-23(30)32-5)11-21(28)15(4)26-24(31)19(14(2)3)13-22(29)16-7-9-18(25)10-8-16/h7-10,14-15,17,19H,6,11-13H2,1-5H3,(H,26,31). The number of nitrogens with one attached hydrogen (secondary N) is 1. The third-order valence-corrected chi connectivity index (χ3v) is 6.17. The van der Waals surface area contributed by atoms with Crippen LogP contribution in [0.2, 0.25) is 0 Å². The number of ketones is 3. The molecule has 0 saturated heterocycles. The summed E-state index contributed by atoms with van der Waals surface area (Å²) in [5, 5.41) is 2.69. The van der Waals surface area contributed by atoms with Crippen LogP contribution < -0.4 is 5.32 Å². The van der Waals surface area contributed by atoms with Gasteiger partial charge in [-0.1, -0.05) is 32.9 Å². The van der Waals surface area contributed by atoms with Crippen LogP contribution in [0, 0.1) is 21.3 Å². The molecule has 0 bridgehead atoms. The second-order valence-electron chi connectivity index (χ2n) is 8.18. The van der Waals surface area contributed by atoms with Crippen LogP contribution in [0.4, 0.5) is 0 Å². The summed E-state index contributed by atoms with van der Waals surface area (Å²) in [6.07, 6.45) is -0.0953. The van der Waals surface area contributed by atoms with Crippen molar-refractivity contribution >= 4 is 51.8 Å². The molecule has 0 radical (unpaired) electrons. The van der Waals surface area contributed by atoms with Crippen molar-refractivity contribution in [3.8, 4) is 0 Å². The van der Waals surface area contributed by atoms with Crippen LogP contribution in [-0.2, 0) is 23.9 Å². The molecule has 0 fully saturated rings. The molecule has 0 aliphatic rings. The summed E-state index contributed by atoms with van der Waals surface area (Å²) >= 11 is 2.15. The van der Waals surface area contributed by atoms with Crippen LogP contribution in [0.3, 0.4) is 0 Å². The smallest absolute Gasteiger partial charge is 0.306 e. The molecule has 8 heteroatoms. The molecule has 0 spiro atoms. The number of benzene rings is 1. The van der Waals surface area contributed by atoms with E-state index in [-0.39, 0.29) is 54.9 Å². The van der Waals surface area contributed by atoms with Crippen LogP contribution in [-0.4, -0.2) is 42.4 Å². The van der Waals surface area contributed by atoms with Crippen LogP contribution in [0.15, 0.2) is 24.3 Å². The number of rotatable bonds is 13. The van der Waals surface area contributed by atoms with E-state index in [0.717, 1.165) is 3.57 Å². The first kappa shape index (κ1) is 27.9. The van der Waals surface area contributed by atoms with Gasteiger partial charge in [-0.25, -0.2) is 0 Å². The number of halogens is 1. The van der Waals surface area contributed by atoms with Crippen molar-refractivity contribution in [1.29, 1.82) is 0 Å². The van der Waals surface area contributed by atoms with Crippen LogP contribution in [0.5, 0.6) is 0 Å². The molecule has 1 aromatic carbocycles. The van der Waals surface area contributed by atoms with Gasteiger partial charge in [0.1, 0.15) is 5.78 Å². The molecule has 0 saturated carbocycles. The molecule has 1 rings (SSSR count). The summed E-state index contributed by atoms with van der Waals surface area (Å²) in [4.78, 5) is 61.9. The van der Waals surface area contributed by atoms with Gasteiger partial charge >= 0.3 is 5.97 Å². The van der Waals surface area contributed by atoms with Gasteiger partial charge in [-0.15, -0.1) is 0 Å². The second kappa shape index (κ2) is 13.4. The van der Waals surface area contributed by atoms with Crippen molar-refractivity contribution in [3.05, 3.63) is 33.4 Å². The lowest BCUT2D eigenvalue weighted by Crippen LogP contribution is -2.44. The summed E-state index contributed by atoms with van der Waals surface area (Å²) < 4.78 is 5.63. The lowest BCUT2D eigenvalue weighted by atomic mass is 9.87. The van der Waals surface area contributed by atoms with Gasteiger partial charge in [0, 0.05) is 40.2 Å². The predicted octanol–water partition coefficient (Wildman–Crippen LogP) is 3.76. The van der Waals surface area contributed by atoms with E-state index in [1.54, 1.807) is 26.0 Å². The van der Waals surface area contributed by atoms with Crippen LogP contribution >= 0.6 is 22.6 Å². The van der Waals surface area contributed by atoms with Gasteiger partial charge in [-0.3, -0.25) is 24.0 Å². The maximum Gasteiger partial charge on any atom is 0.306 e. The first-order valence-electron chi connectivity index (χ1n) is 10.7. The largest absolute Gasteiger partial charge is 0.469 e. The molecule has 3 unspecified atom stereocenters. The van der Waals surface area contributed by atoms with Gasteiger partial charge in [0.2, 0.25) is 5.91 Å². The molecular formula is C24H32INO6. The van der Waals surface area contributed by atoms with E-state index in [4.69, 9.17) is 0 Å². The lowest BCUT2D eigenvalue weighted by Gasteiger charge is -2.23. The van der Waals surface area contributed by atoms with Crippen molar-refractivity contribution in [1.82, 2.24) is 5.32 Å². The van der Waals surface area contributed by atoms with E-state index in [1.807, 2.05) is 26.0 Å². The van der Waals surface area contributed by atoms with Crippen LogP contribution in [0.1, 0.15) is 63.7 Å². The zero-order chi connectivity index (χ0) is 24.4. The Labute approximate surface area is 203 Å². The molecular weight excluding hydrogens is 525 g/mol. The van der Waals surface area contributed by atoms with Gasteiger partial charge in [0.05, 0.1) is 19.6 Å². The molecule has 1 aromatic rings. The highest BCUT2D eigenvalue weighted by atomic mass is 127. The SMILES string of the molecule is CCC(=O)C(CC(=O)OC)CC(=O)C(C)NC(=O)C(CC(=O)c1ccc(I)cc1)C(C)C. The summed E-state index contributed by atoms with van der Waals surface area (Å²) in [6.45, 7) is 6.92. The Kier molecular flexibility index (Phi) is 11.7. The number of ether oxygens (including phenoxy) is 1. The second-order valence-corrected chi connectivity index (χ2v) is 9.43. The van der Waals surface area contributed by atoms with E-state index in [0.29, 0.717) is 5.56 Å². The average Bonchev–Trinajstić information content (AvgIpc) is 2.75. The van der Waals surface area contributed by atoms with E-state index >= 15 is 0 Å². The Morgan fingerprint density at radius 2 is 1.53 bits per heavy atom. The summed E-state index contributed by atoms with van der Waals surface area (Å²) in [7, 11) is 1.23. The molecule has 7 nitrogen and oxygen atoms in total. The first-order valence-corrected chi connectivity index (χ1v) is 11.8. The Morgan fingerprint density at radius 3 is 2.03 bits per heavy atom. The minimum absolute atomic E-state index is 0.0320. The molecule has 3 atom stereocenters. The highest BCUT2D eigenvalue weighted by molar-refractivity contribution is 14.1. The van der Waals surface area contributed by atoms with E-state index < -0.39 is 23.8 Å². The Bertz CT molecular complexity index is 833. The molecule has 0 aliphatic carbocycles. The molecule has 32 heavy (non-hydrogen) atoms. The third-order valence-electron chi connectivity index (χ3n) is 5.45. The minimum atomic E-state index is -0.845. The number of hydrogen-bond donors (Lipinski definition) is 1. The molecule has 0 aliphatic heterocycles. The number of methoxy groups -OCH3 is 1. The van der Waals surface area contributed by atoms with Crippen molar-refractivity contribution in [2.24, 2.45) is 17.8 Å². The summed E-state index contributed by atoms with van der Waals surface area (Å²) in [6, 6.07) is 6.29. The van der Waals surface area contributed by atoms with Crippen LogP contribution in [0.25, 0.3) is 0 Å². The number of carbonyl (C=O) groups excluding carboxylic acids is 5. The number of hydrogen-bond acceptors (Lipinski definition) is 6. The number of Topliss-reactive ketones (excluding diaryl/α,β-unsaturated/α-hetero) is 3. The first-order chi connectivity index (χ1) is 15.0. The van der Waals surface area contributed by atoms with Gasteiger partial charge in [0.25, 0.3) is 0 Å². The summed E-state index contributed by atoms with van der Waals surface area (Å²) in [5.41, 5.74) is 0.539. The van der Waals surface area contributed by atoms with E-state index in [2.05, 4.69) is 32.6 Å². The fraction of sp³-hybridized carbons (Fsp3) is 0.542. The fourth-order valence-electron chi connectivity index (χ4n) is 3.28. The maximum atomic E-state index is 12.9. The van der Waals surface area contributed by atoms with Crippen molar-refractivity contribution in [3.63, 3.8) is 0 Å². The van der Waals surface area contributed by atoms with Crippen molar-refractivity contribution in [2.75, 3.05) is 7.11 Å². The summed E-state index contributed by atoms with van der Waals surface area (Å²) in [5.74, 6) is -3.12.